The molecule has 0 amide bonds. The lowest BCUT2D eigenvalue weighted by Crippen LogP contribution is -2.20. The van der Waals surface area contributed by atoms with Gasteiger partial charge in [-0.3, -0.25) is 9.59 Å². The summed E-state index contributed by atoms with van der Waals surface area (Å²) in [4.78, 5) is 23.7. The van der Waals surface area contributed by atoms with Crippen LogP contribution in [0.3, 0.4) is 0 Å². The second-order valence-corrected chi connectivity index (χ2v) is 6.06. The van der Waals surface area contributed by atoms with Gasteiger partial charge in [-0.05, 0) is 34.5 Å². The molecule has 0 N–H and O–H groups in total. The first-order chi connectivity index (χ1) is 12.1. The van der Waals surface area contributed by atoms with E-state index in [4.69, 9.17) is 9.47 Å². The molecule has 1 aliphatic heterocycles. The second kappa shape index (κ2) is 6.06. The van der Waals surface area contributed by atoms with Crippen molar-refractivity contribution in [2.45, 2.75) is 19.4 Å². The van der Waals surface area contributed by atoms with Crippen LogP contribution in [0.4, 0.5) is 0 Å². The number of Topliss-reactive ketones (excluding diaryl/α,β-unsaturated/α-hetero) is 1. The molecule has 4 heteroatoms. The lowest BCUT2D eigenvalue weighted by molar-refractivity contribution is -0.131. The SMILES string of the molecule is CC(=O)Oc1ccc(C2CC(=O)c3c(ccc4ccccc34)O2)cc1. The van der Waals surface area contributed by atoms with Crippen molar-refractivity contribution in [1.29, 1.82) is 0 Å². The summed E-state index contributed by atoms with van der Waals surface area (Å²) in [7, 11) is 0. The summed E-state index contributed by atoms with van der Waals surface area (Å²) >= 11 is 0. The molecule has 1 atom stereocenters. The van der Waals surface area contributed by atoms with E-state index in [0.29, 0.717) is 17.1 Å². The van der Waals surface area contributed by atoms with Crippen LogP contribution >= 0.6 is 0 Å². The van der Waals surface area contributed by atoms with Crippen LogP contribution in [0.1, 0.15) is 35.4 Å². The topological polar surface area (TPSA) is 52.6 Å². The van der Waals surface area contributed by atoms with Gasteiger partial charge >= 0.3 is 5.97 Å². The summed E-state index contributed by atoms with van der Waals surface area (Å²) in [5, 5.41) is 1.95. The number of hydrogen-bond donors (Lipinski definition) is 0. The molecule has 0 bridgehead atoms. The van der Waals surface area contributed by atoms with Crippen molar-refractivity contribution < 1.29 is 19.1 Å². The minimum atomic E-state index is -0.363. The van der Waals surface area contributed by atoms with Crippen molar-refractivity contribution in [2.24, 2.45) is 0 Å². The van der Waals surface area contributed by atoms with Gasteiger partial charge in [-0.25, -0.2) is 0 Å². The largest absolute Gasteiger partial charge is 0.484 e. The minimum Gasteiger partial charge on any atom is -0.484 e. The standard InChI is InChI=1S/C21H16O4/c1-13(22)24-16-9-6-15(7-10-16)20-12-18(23)21-17-5-3-2-4-14(17)8-11-19(21)25-20/h2-11,20H,12H2,1H3. The summed E-state index contributed by atoms with van der Waals surface area (Å²) in [6.45, 7) is 1.36. The van der Waals surface area contributed by atoms with E-state index in [2.05, 4.69) is 0 Å². The van der Waals surface area contributed by atoms with Crippen LogP contribution in [-0.4, -0.2) is 11.8 Å². The third-order valence-corrected chi connectivity index (χ3v) is 4.32. The van der Waals surface area contributed by atoms with Gasteiger partial charge in [0.05, 0.1) is 12.0 Å². The first kappa shape index (κ1) is 15.4. The molecule has 1 unspecified atom stereocenters. The number of fused-ring (bicyclic) bond motifs is 3. The zero-order valence-corrected chi connectivity index (χ0v) is 13.7. The van der Waals surface area contributed by atoms with Crippen molar-refractivity contribution >= 4 is 22.5 Å². The molecule has 0 aliphatic carbocycles. The van der Waals surface area contributed by atoms with Crippen molar-refractivity contribution in [2.75, 3.05) is 0 Å². The van der Waals surface area contributed by atoms with Gasteiger partial charge in [0.2, 0.25) is 0 Å². The molecule has 0 saturated heterocycles. The van der Waals surface area contributed by atoms with Gasteiger partial charge in [-0.1, -0.05) is 42.5 Å². The average Bonchev–Trinajstić information content (AvgIpc) is 2.61. The summed E-state index contributed by atoms with van der Waals surface area (Å²) < 4.78 is 11.1. The van der Waals surface area contributed by atoms with E-state index >= 15 is 0 Å². The van der Waals surface area contributed by atoms with E-state index in [9.17, 15) is 9.59 Å². The predicted octanol–water partition coefficient (Wildman–Crippen LogP) is 4.47. The second-order valence-electron chi connectivity index (χ2n) is 6.06. The lowest BCUT2D eigenvalue weighted by Gasteiger charge is -2.26. The molecule has 0 spiro atoms. The fourth-order valence-electron chi connectivity index (χ4n) is 3.21. The highest BCUT2D eigenvalue weighted by atomic mass is 16.5. The Kier molecular flexibility index (Phi) is 3.73. The summed E-state index contributed by atoms with van der Waals surface area (Å²) in [5.41, 5.74) is 1.54. The zero-order chi connectivity index (χ0) is 17.4. The third kappa shape index (κ3) is 2.87. The maximum atomic E-state index is 12.7. The number of benzene rings is 3. The molecule has 0 radical (unpaired) electrons. The number of esters is 1. The molecule has 0 fully saturated rings. The highest BCUT2D eigenvalue weighted by molar-refractivity contribution is 6.11. The molecule has 3 aromatic rings. The summed E-state index contributed by atoms with van der Waals surface area (Å²) in [6, 6.07) is 18.7. The Morgan fingerprint density at radius 3 is 2.56 bits per heavy atom. The van der Waals surface area contributed by atoms with Crippen LogP contribution < -0.4 is 9.47 Å². The molecule has 4 rings (SSSR count). The number of carbonyl (C=O) groups excluding carboxylic acids is 2. The number of rotatable bonds is 2. The number of ketones is 1. The van der Waals surface area contributed by atoms with Crippen LogP contribution in [0.25, 0.3) is 10.8 Å². The van der Waals surface area contributed by atoms with E-state index in [1.807, 2.05) is 48.5 Å². The van der Waals surface area contributed by atoms with Crippen LogP contribution in [0.5, 0.6) is 11.5 Å². The minimum absolute atomic E-state index is 0.0760. The molecule has 0 saturated carbocycles. The van der Waals surface area contributed by atoms with Gasteiger partial charge in [0.15, 0.2) is 5.78 Å². The molecule has 1 aliphatic rings. The lowest BCUT2D eigenvalue weighted by atomic mass is 9.92. The fourth-order valence-corrected chi connectivity index (χ4v) is 3.21. The van der Waals surface area contributed by atoms with Crippen molar-refractivity contribution in [3.8, 4) is 11.5 Å². The van der Waals surface area contributed by atoms with Crippen molar-refractivity contribution in [3.63, 3.8) is 0 Å². The molecule has 124 valence electrons. The van der Waals surface area contributed by atoms with E-state index in [-0.39, 0.29) is 24.3 Å². The van der Waals surface area contributed by atoms with Crippen LogP contribution in [0.15, 0.2) is 60.7 Å². The number of hydrogen-bond acceptors (Lipinski definition) is 4. The van der Waals surface area contributed by atoms with Crippen molar-refractivity contribution in [1.82, 2.24) is 0 Å². The van der Waals surface area contributed by atoms with Crippen LogP contribution in [0, 0.1) is 0 Å². The molecular formula is C21H16O4. The molecule has 25 heavy (non-hydrogen) atoms. The Morgan fingerprint density at radius 1 is 1.04 bits per heavy atom. The monoisotopic (exact) mass is 332 g/mol. The van der Waals surface area contributed by atoms with Gasteiger partial charge in [-0.15, -0.1) is 0 Å². The molecule has 4 nitrogen and oxygen atoms in total. The Hall–Kier alpha value is -3.14. The normalized spacial score (nSPS) is 16.2. The smallest absolute Gasteiger partial charge is 0.308 e. The molecule has 1 heterocycles. The van der Waals surface area contributed by atoms with Gasteiger partial charge in [0.25, 0.3) is 0 Å². The third-order valence-electron chi connectivity index (χ3n) is 4.32. The zero-order valence-electron chi connectivity index (χ0n) is 13.7. The Morgan fingerprint density at radius 2 is 1.80 bits per heavy atom. The van der Waals surface area contributed by atoms with Gasteiger partial charge in [0.1, 0.15) is 17.6 Å². The average molecular weight is 332 g/mol. The summed E-state index contributed by atoms with van der Waals surface area (Å²) in [5.74, 6) is 0.804. The van der Waals surface area contributed by atoms with Gasteiger partial charge < -0.3 is 9.47 Å². The van der Waals surface area contributed by atoms with Gasteiger partial charge in [-0.2, -0.15) is 0 Å². The van der Waals surface area contributed by atoms with E-state index < -0.39 is 0 Å². The van der Waals surface area contributed by atoms with Crippen LogP contribution in [-0.2, 0) is 4.79 Å². The van der Waals surface area contributed by atoms with Crippen LogP contribution in [0.2, 0.25) is 0 Å². The first-order valence-corrected chi connectivity index (χ1v) is 8.12. The number of carbonyl (C=O) groups is 2. The predicted molar refractivity (Wildman–Crippen MR) is 94.0 cm³/mol. The van der Waals surface area contributed by atoms with E-state index in [1.54, 1.807) is 12.1 Å². The molecule has 0 aromatic heterocycles. The highest BCUT2D eigenvalue weighted by Crippen LogP contribution is 2.38. The maximum absolute atomic E-state index is 12.7. The fraction of sp³-hybridized carbons (Fsp3) is 0.143. The van der Waals surface area contributed by atoms with Crippen molar-refractivity contribution in [3.05, 3.63) is 71.8 Å². The van der Waals surface area contributed by atoms with E-state index in [0.717, 1.165) is 16.3 Å². The maximum Gasteiger partial charge on any atom is 0.308 e. The first-order valence-electron chi connectivity index (χ1n) is 8.12. The van der Waals surface area contributed by atoms with Gasteiger partial charge in [0, 0.05) is 6.92 Å². The summed E-state index contributed by atoms with van der Waals surface area (Å²) in [6.07, 6.45) is -0.0546. The Labute approximate surface area is 145 Å². The quantitative estimate of drug-likeness (QED) is 0.513. The van der Waals surface area contributed by atoms with E-state index in [1.165, 1.54) is 6.92 Å². The number of ether oxygens (including phenoxy) is 2. The molecular weight excluding hydrogens is 316 g/mol. The Balaban J connectivity index is 1.66. The highest BCUT2D eigenvalue weighted by Gasteiger charge is 2.29. The Bertz CT molecular complexity index is 973. The molecule has 3 aromatic carbocycles.